The summed E-state index contributed by atoms with van der Waals surface area (Å²) in [5, 5.41) is 2.13. The minimum absolute atomic E-state index is 0.190. The highest BCUT2D eigenvalue weighted by molar-refractivity contribution is 7.89. The fourth-order valence-electron chi connectivity index (χ4n) is 4.34. The molecule has 0 aliphatic heterocycles. The second kappa shape index (κ2) is 10.8. The average Bonchev–Trinajstić information content (AvgIpc) is 2.80. The van der Waals surface area contributed by atoms with Crippen LogP contribution in [0.5, 0.6) is 0 Å². The minimum atomic E-state index is -3.69. The summed E-state index contributed by atoms with van der Waals surface area (Å²) in [6.45, 7) is 12.6. The van der Waals surface area contributed by atoms with Crippen molar-refractivity contribution in [3.63, 3.8) is 0 Å². The topological polar surface area (TPSA) is 55.4 Å². The highest BCUT2D eigenvalue weighted by Crippen LogP contribution is 2.36. The maximum atomic E-state index is 13.1. The summed E-state index contributed by atoms with van der Waals surface area (Å²) < 4.78 is 36.0. The van der Waals surface area contributed by atoms with Crippen molar-refractivity contribution < 1.29 is 12.8 Å². The second-order valence-electron chi connectivity index (χ2n) is 9.63. The molecule has 3 aromatic rings. The largest absolute Gasteiger partial charge is 0.406 e. The van der Waals surface area contributed by atoms with E-state index in [2.05, 4.69) is 56.3 Å². The van der Waals surface area contributed by atoms with Gasteiger partial charge >= 0.3 is 0 Å². The first-order chi connectivity index (χ1) is 16.1. The van der Waals surface area contributed by atoms with Crippen molar-refractivity contribution in [2.24, 2.45) is 0 Å². The van der Waals surface area contributed by atoms with Gasteiger partial charge in [0.05, 0.1) is 11.5 Å². The molecule has 0 aliphatic rings. The quantitative estimate of drug-likeness (QED) is 0.326. The Hall–Kier alpha value is -2.51. The third-order valence-electron chi connectivity index (χ3n) is 6.02. The number of aryl methyl sites for hydroxylation is 1. The van der Waals surface area contributed by atoms with Gasteiger partial charge in [0.15, 0.2) is 0 Å². The van der Waals surface area contributed by atoms with E-state index in [0.29, 0.717) is 6.42 Å². The Balaban J connectivity index is 1.98. The molecule has 0 unspecified atom stereocenters. The molecule has 180 valence electrons. The summed E-state index contributed by atoms with van der Waals surface area (Å²) >= 11 is 0. The number of nitrogens with one attached hydrogen (secondary N) is 1. The van der Waals surface area contributed by atoms with E-state index in [1.165, 1.54) is 0 Å². The van der Waals surface area contributed by atoms with Crippen LogP contribution in [0.3, 0.4) is 0 Å². The molecule has 0 aliphatic carbocycles. The molecule has 0 saturated heterocycles. The van der Waals surface area contributed by atoms with Gasteiger partial charge in [-0.2, -0.15) is 0 Å². The molecule has 0 spiro atoms. The molecule has 3 rings (SSSR count). The summed E-state index contributed by atoms with van der Waals surface area (Å²) in [6, 6.07) is 27.1. The van der Waals surface area contributed by atoms with E-state index in [0.717, 1.165) is 15.9 Å². The lowest BCUT2D eigenvalue weighted by Crippen LogP contribution is -2.67. The minimum Gasteiger partial charge on any atom is -0.406 e. The lowest BCUT2D eigenvalue weighted by Gasteiger charge is -2.43. The molecule has 0 aromatic heterocycles. The fraction of sp³-hybridized carbons (Fsp3) is 0.286. The molecule has 0 radical (unpaired) electrons. The van der Waals surface area contributed by atoms with Gasteiger partial charge in [-0.3, -0.25) is 0 Å². The number of rotatable bonds is 10. The van der Waals surface area contributed by atoms with Crippen molar-refractivity contribution in [2.75, 3.05) is 6.61 Å². The first-order valence-electron chi connectivity index (χ1n) is 11.5. The predicted molar refractivity (Wildman–Crippen MR) is 144 cm³/mol. The highest BCUT2D eigenvalue weighted by Gasteiger charge is 2.50. The summed E-state index contributed by atoms with van der Waals surface area (Å²) in [5.74, 6) is 0. The van der Waals surface area contributed by atoms with Crippen LogP contribution in [0, 0.1) is 6.92 Å². The molecule has 0 fully saturated rings. The van der Waals surface area contributed by atoms with E-state index in [-0.39, 0.29) is 16.5 Å². The smallest absolute Gasteiger partial charge is 0.261 e. The van der Waals surface area contributed by atoms with Crippen molar-refractivity contribution in [2.45, 2.75) is 50.1 Å². The first kappa shape index (κ1) is 26.1. The van der Waals surface area contributed by atoms with E-state index >= 15 is 0 Å². The Bertz CT molecular complexity index is 1130. The average molecular weight is 494 g/mol. The summed E-state index contributed by atoms with van der Waals surface area (Å²) in [4.78, 5) is 0.248. The van der Waals surface area contributed by atoms with Crippen molar-refractivity contribution in [3.8, 4) is 0 Å². The molecule has 0 amide bonds. The predicted octanol–water partition coefficient (Wildman–Crippen LogP) is 4.79. The summed E-state index contributed by atoms with van der Waals surface area (Å²) in [6.07, 6.45) is 2.19. The highest BCUT2D eigenvalue weighted by atomic mass is 32.2. The fourth-order valence-corrected chi connectivity index (χ4v) is 10.2. The van der Waals surface area contributed by atoms with Crippen LogP contribution in [0.1, 0.15) is 32.8 Å². The van der Waals surface area contributed by atoms with E-state index in [1.807, 2.05) is 43.3 Å². The molecule has 34 heavy (non-hydrogen) atoms. The van der Waals surface area contributed by atoms with Gasteiger partial charge in [0.1, 0.15) is 0 Å². The van der Waals surface area contributed by atoms with Crippen molar-refractivity contribution in [3.05, 3.63) is 103 Å². The number of hydrogen-bond acceptors (Lipinski definition) is 3. The number of hydrogen-bond donors (Lipinski definition) is 1. The molecule has 1 N–H and O–H groups in total. The third-order valence-corrected chi connectivity index (χ3v) is 12.6. The maximum absolute atomic E-state index is 13.1. The van der Waals surface area contributed by atoms with Gasteiger partial charge in [0.2, 0.25) is 10.0 Å². The lowest BCUT2D eigenvalue weighted by atomic mass is 10.2. The van der Waals surface area contributed by atoms with Gasteiger partial charge in [-0.25, -0.2) is 13.1 Å². The lowest BCUT2D eigenvalue weighted by molar-refractivity contribution is 0.263. The van der Waals surface area contributed by atoms with Crippen molar-refractivity contribution >= 4 is 28.7 Å². The van der Waals surface area contributed by atoms with Crippen LogP contribution < -0.4 is 15.1 Å². The standard InChI is InChI=1S/C28H35NO3SSi/c1-6-13-24(29-33(30,31)25-20-18-23(2)19-21-25)22-32-34(28(3,4)5,26-14-9-7-10-15-26)27-16-11-8-12-17-27/h6-12,14-21,24,29H,1,13,22H2,2-5H3/t24-/m0/s1. The summed E-state index contributed by atoms with van der Waals surface area (Å²) in [5.41, 5.74) is 1.01. The van der Waals surface area contributed by atoms with Crippen molar-refractivity contribution in [1.29, 1.82) is 0 Å². The van der Waals surface area contributed by atoms with Gasteiger partial charge in [-0.1, -0.05) is 105 Å². The summed E-state index contributed by atoms with van der Waals surface area (Å²) in [7, 11) is -6.47. The Labute approximate surface area is 205 Å². The molecule has 3 aromatic carbocycles. The van der Waals surface area contributed by atoms with Crippen LogP contribution in [0.4, 0.5) is 0 Å². The molecule has 0 bridgehead atoms. The number of benzene rings is 3. The van der Waals surface area contributed by atoms with Crippen LogP contribution in [0.15, 0.2) is 102 Å². The Morgan fingerprint density at radius 2 is 1.41 bits per heavy atom. The van der Waals surface area contributed by atoms with Crippen LogP contribution in [-0.4, -0.2) is 29.4 Å². The molecule has 4 nitrogen and oxygen atoms in total. The monoisotopic (exact) mass is 493 g/mol. The zero-order chi connectivity index (χ0) is 24.8. The molecule has 0 heterocycles. The Morgan fingerprint density at radius 1 is 0.912 bits per heavy atom. The molecule has 6 heteroatoms. The van der Waals surface area contributed by atoms with E-state index in [4.69, 9.17) is 4.43 Å². The molecule has 0 saturated carbocycles. The second-order valence-corrected chi connectivity index (χ2v) is 15.6. The van der Waals surface area contributed by atoms with Crippen molar-refractivity contribution in [1.82, 2.24) is 4.72 Å². The molecular formula is C28H35NO3SSi. The SMILES string of the molecule is C=CC[C@@H](CO[Si](c1ccccc1)(c1ccccc1)C(C)(C)C)NS(=O)(=O)c1ccc(C)cc1. The van der Waals surface area contributed by atoms with Gasteiger partial charge < -0.3 is 4.43 Å². The third kappa shape index (κ3) is 5.75. The van der Waals surface area contributed by atoms with Gasteiger partial charge in [0.25, 0.3) is 8.32 Å². The molecule has 1 atom stereocenters. The Kier molecular flexibility index (Phi) is 8.31. The maximum Gasteiger partial charge on any atom is 0.261 e. The van der Waals surface area contributed by atoms with Gasteiger partial charge in [-0.05, 0) is 40.9 Å². The number of sulfonamides is 1. The zero-order valence-electron chi connectivity index (χ0n) is 20.5. The normalized spacial score (nSPS) is 13.4. The van der Waals surface area contributed by atoms with Gasteiger partial charge in [0, 0.05) is 6.04 Å². The van der Waals surface area contributed by atoms with E-state index in [9.17, 15) is 8.42 Å². The molecular weight excluding hydrogens is 458 g/mol. The zero-order valence-corrected chi connectivity index (χ0v) is 22.3. The van der Waals surface area contributed by atoms with Crippen LogP contribution >= 0.6 is 0 Å². The van der Waals surface area contributed by atoms with E-state index < -0.39 is 24.4 Å². The van der Waals surface area contributed by atoms with Crippen LogP contribution in [0.2, 0.25) is 5.04 Å². The first-order valence-corrected chi connectivity index (χ1v) is 14.9. The van der Waals surface area contributed by atoms with Crippen LogP contribution in [0.25, 0.3) is 0 Å². The Morgan fingerprint density at radius 3 is 1.85 bits per heavy atom. The van der Waals surface area contributed by atoms with Gasteiger partial charge in [-0.15, -0.1) is 6.58 Å². The van der Waals surface area contributed by atoms with Crippen LogP contribution in [-0.2, 0) is 14.4 Å². The van der Waals surface area contributed by atoms with E-state index in [1.54, 1.807) is 30.3 Å².